The van der Waals surface area contributed by atoms with Crippen LogP contribution in [0, 0.1) is 0 Å². The van der Waals surface area contributed by atoms with Gasteiger partial charge >= 0.3 is 0 Å². The molecule has 6 nitrogen and oxygen atoms in total. The largest absolute Gasteiger partial charge is 0.493 e. The van der Waals surface area contributed by atoms with E-state index in [9.17, 15) is 9.59 Å². The topological polar surface area (TPSA) is 69.6 Å². The van der Waals surface area contributed by atoms with Gasteiger partial charge in [-0.05, 0) is 42.3 Å². The summed E-state index contributed by atoms with van der Waals surface area (Å²) in [4.78, 5) is 24.3. The fourth-order valence-electron chi connectivity index (χ4n) is 3.01. The summed E-state index contributed by atoms with van der Waals surface area (Å²) in [5.41, 5.74) is 1.58. The Morgan fingerprint density at radius 1 is 1.07 bits per heavy atom. The molecule has 3 rings (SSSR count). The Bertz CT molecular complexity index is 1060. The third-order valence-electron chi connectivity index (χ3n) is 4.44. The van der Waals surface area contributed by atoms with Crippen LogP contribution in [0.3, 0.4) is 0 Å². The number of hydrogen-bond acceptors (Lipinski definition) is 4. The van der Waals surface area contributed by atoms with Crippen molar-refractivity contribution in [3.8, 4) is 11.5 Å². The van der Waals surface area contributed by atoms with Crippen LogP contribution in [0.25, 0.3) is 10.9 Å². The molecule has 0 radical (unpaired) electrons. The number of nitrogens with one attached hydrogen (secondary N) is 1. The van der Waals surface area contributed by atoms with Gasteiger partial charge in [0.05, 0.1) is 19.7 Å². The smallest absolute Gasteiger partial charge is 0.239 e. The van der Waals surface area contributed by atoms with Crippen LogP contribution in [0.1, 0.15) is 5.56 Å². The fraction of sp³-hybridized carbons (Fsp3) is 0.238. The average Bonchev–Trinajstić information content (AvgIpc) is 2.70. The normalized spacial score (nSPS) is 10.7. The number of hydrogen-bond donors (Lipinski definition) is 1. The van der Waals surface area contributed by atoms with E-state index in [1.54, 1.807) is 43.2 Å². The van der Waals surface area contributed by atoms with Crippen molar-refractivity contribution in [3.05, 3.63) is 69.5 Å². The van der Waals surface area contributed by atoms with Gasteiger partial charge in [-0.15, -0.1) is 0 Å². The molecule has 0 aliphatic rings. The first-order chi connectivity index (χ1) is 13.5. The van der Waals surface area contributed by atoms with Gasteiger partial charge in [-0.25, -0.2) is 0 Å². The number of halogens is 1. The molecule has 0 bridgehead atoms. The number of amides is 1. The summed E-state index contributed by atoms with van der Waals surface area (Å²) in [6.45, 7) is 0.600. The van der Waals surface area contributed by atoms with Crippen LogP contribution in [-0.2, 0) is 17.8 Å². The molecule has 1 heterocycles. The lowest BCUT2D eigenvalue weighted by atomic mass is 10.1. The van der Waals surface area contributed by atoms with Gasteiger partial charge in [0.1, 0.15) is 6.54 Å². The molecule has 0 atom stereocenters. The molecule has 146 valence electrons. The lowest BCUT2D eigenvalue weighted by molar-refractivity contribution is -0.121. The summed E-state index contributed by atoms with van der Waals surface area (Å²) in [6.07, 6.45) is 2.28. The molecule has 0 saturated heterocycles. The summed E-state index contributed by atoms with van der Waals surface area (Å²) in [7, 11) is 3.18. The van der Waals surface area contributed by atoms with E-state index < -0.39 is 0 Å². The Kier molecular flexibility index (Phi) is 6.21. The van der Waals surface area contributed by atoms with Gasteiger partial charge in [0.25, 0.3) is 0 Å². The van der Waals surface area contributed by atoms with Crippen molar-refractivity contribution in [2.45, 2.75) is 13.0 Å². The molecule has 0 aliphatic carbocycles. The van der Waals surface area contributed by atoms with Gasteiger partial charge in [-0.1, -0.05) is 17.7 Å². The molecule has 7 heteroatoms. The van der Waals surface area contributed by atoms with E-state index in [1.165, 1.54) is 6.07 Å². The maximum Gasteiger partial charge on any atom is 0.239 e. The zero-order valence-corrected chi connectivity index (χ0v) is 16.5. The first kappa shape index (κ1) is 19.8. The number of aromatic nitrogens is 1. The highest BCUT2D eigenvalue weighted by Gasteiger charge is 2.08. The molecule has 0 aliphatic heterocycles. The lowest BCUT2D eigenvalue weighted by Crippen LogP contribution is -2.29. The van der Waals surface area contributed by atoms with Gasteiger partial charge in [0, 0.05) is 29.2 Å². The monoisotopic (exact) mass is 400 g/mol. The summed E-state index contributed by atoms with van der Waals surface area (Å²) in [6, 6.07) is 12.2. The Hall–Kier alpha value is -2.99. The Labute approximate surface area is 167 Å². The van der Waals surface area contributed by atoms with Crippen LogP contribution in [0.15, 0.2) is 53.5 Å². The van der Waals surface area contributed by atoms with Crippen LogP contribution in [0.5, 0.6) is 11.5 Å². The van der Waals surface area contributed by atoms with Crippen molar-refractivity contribution in [2.24, 2.45) is 0 Å². The van der Waals surface area contributed by atoms with Crippen molar-refractivity contribution in [1.82, 2.24) is 9.88 Å². The molecule has 2 aromatic carbocycles. The number of fused-ring (bicyclic) bond motifs is 1. The van der Waals surface area contributed by atoms with Gasteiger partial charge in [0.15, 0.2) is 16.9 Å². The van der Waals surface area contributed by atoms with Gasteiger partial charge in [-0.3, -0.25) is 9.59 Å². The van der Waals surface area contributed by atoms with E-state index in [1.807, 2.05) is 18.2 Å². The molecular weight excluding hydrogens is 380 g/mol. The van der Waals surface area contributed by atoms with E-state index in [2.05, 4.69) is 5.32 Å². The van der Waals surface area contributed by atoms with Crippen molar-refractivity contribution in [3.63, 3.8) is 0 Å². The van der Waals surface area contributed by atoms with Crippen LogP contribution in [0.2, 0.25) is 5.02 Å². The SMILES string of the molecule is COc1ccc(CCNC(=O)Cn2ccc(=O)c3cc(Cl)ccc32)cc1OC. The first-order valence-electron chi connectivity index (χ1n) is 8.78. The minimum absolute atomic E-state index is 0.115. The number of carbonyl (C=O) groups excluding carboxylic acids is 1. The van der Waals surface area contributed by atoms with E-state index in [0.29, 0.717) is 40.4 Å². The van der Waals surface area contributed by atoms with Crippen molar-refractivity contribution in [2.75, 3.05) is 20.8 Å². The minimum atomic E-state index is -0.139. The predicted octanol–water partition coefficient (Wildman–Crippen LogP) is 3.03. The van der Waals surface area contributed by atoms with Gasteiger partial charge in [-0.2, -0.15) is 0 Å². The number of rotatable bonds is 7. The highest BCUT2D eigenvalue weighted by atomic mass is 35.5. The van der Waals surface area contributed by atoms with Crippen molar-refractivity contribution < 1.29 is 14.3 Å². The number of nitrogens with zero attached hydrogens (tertiary/aromatic N) is 1. The van der Waals surface area contributed by atoms with Crippen LogP contribution in [-0.4, -0.2) is 31.2 Å². The predicted molar refractivity (Wildman–Crippen MR) is 109 cm³/mol. The third-order valence-corrected chi connectivity index (χ3v) is 4.67. The summed E-state index contributed by atoms with van der Waals surface area (Å²) in [5, 5.41) is 3.88. The first-order valence-corrected chi connectivity index (χ1v) is 9.16. The third kappa shape index (κ3) is 4.46. The molecule has 1 N–H and O–H groups in total. The van der Waals surface area contributed by atoms with E-state index in [0.717, 1.165) is 5.56 Å². The van der Waals surface area contributed by atoms with Gasteiger partial charge < -0.3 is 19.4 Å². The minimum Gasteiger partial charge on any atom is -0.493 e. The molecule has 0 fully saturated rings. The highest BCUT2D eigenvalue weighted by Crippen LogP contribution is 2.27. The second-order valence-electron chi connectivity index (χ2n) is 6.26. The molecule has 1 amide bonds. The van der Waals surface area contributed by atoms with E-state index in [4.69, 9.17) is 21.1 Å². The molecule has 0 saturated carbocycles. The number of methoxy groups -OCH3 is 2. The summed E-state index contributed by atoms with van der Waals surface area (Å²) < 4.78 is 12.2. The summed E-state index contributed by atoms with van der Waals surface area (Å²) >= 11 is 5.97. The lowest BCUT2D eigenvalue weighted by Gasteiger charge is -2.12. The molecule has 0 unspecified atom stereocenters. The number of benzene rings is 2. The zero-order chi connectivity index (χ0) is 20.1. The maximum atomic E-state index is 12.3. The Balaban J connectivity index is 1.63. The number of ether oxygens (including phenoxy) is 2. The van der Waals surface area contributed by atoms with E-state index in [-0.39, 0.29) is 17.9 Å². The Morgan fingerprint density at radius 3 is 2.61 bits per heavy atom. The molecule has 3 aromatic rings. The molecule has 0 spiro atoms. The van der Waals surface area contributed by atoms with Crippen LogP contribution in [0.4, 0.5) is 0 Å². The second-order valence-corrected chi connectivity index (χ2v) is 6.70. The number of carbonyl (C=O) groups is 1. The van der Waals surface area contributed by atoms with E-state index >= 15 is 0 Å². The van der Waals surface area contributed by atoms with Crippen molar-refractivity contribution >= 4 is 28.4 Å². The van der Waals surface area contributed by atoms with Crippen LogP contribution >= 0.6 is 11.6 Å². The Morgan fingerprint density at radius 2 is 1.86 bits per heavy atom. The second kappa shape index (κ2) is 8.80. The fourth-order valence-corrected chi connectivity index (χ4v) is 3.19. The highest BCUT2D eigenvalue weighted by molar-refractivity contribution is 6.31. The molecular formula is C21H21ClN2O4. The van der Waals surface area contributed by atoms with Gasteiger partial charge in [0.2, 0.25) is 5.91 Å². The molecule has 1 aromatic heterocycles. The number of pyridine rings is 1. The zero-order valence-electron chi connectivity index (χ0n) is 15.7. The van der Waals surface area contributed by atoms with Crippen LogP contribution < -0.4 is 20.2 Å². The standard InChI is InChI=1S/C21H21ClN2O4/c1-27-19-6-3-14(11-20(19)28-2)7-9-23-21(26)13-24-10-8-18(25)16-12-15(22)4-5-17(16)24/h3-6,8,10-12H,7,9,13H2,1-2H3,(H,23,26). The van der Waals surface area contributed by atoms with Crippen molar-refractivity contribution in [1.29, 1.82) is 0 Å². The quantitative estimate of drug-likeness (QED) is 0.661. The average molecular weight is 401 g/mol. The molecule has 28 heavy (non-hydrogen) atoms. The maximum absolute atomic E-state index is 12.3. The summed E-state index contributed by atoms with van der Waals surface area (Å²) in [5.74, 6) is 1.19.